The van der Waals surface area contributed by atoms with E-state index in [1.165, 1.54) is 36.1 Å². The summed E-state index contributed by atoms with van der Waals surface area (Å²) in [6.45, 7) is 2.62. The summed E-state index contributed by atoms with van der Waals surface area (Å²) in [5.41, 5.74) is 1.70. The van der Waals surface area contributed by atoms with Gasteiger partial charge in [-0.3, -0.25) is 4.79 Å². The minimum atomic E-state index is -0.326. The van der Waals surface area contributed by atoms with Gasteiger partial charge in [-0.1, -0.05) is 6.42 Å². The van der Waals surface area contributed by atoms with E-state index in [0.717, 1.165) is 44.3 Å². The van der Waals surface area contributed by atoms with Gasteiger partial charge in [0, 0.05) is 17.7 Å². The average Bonchev–Trinajstić information content (AvgIpc) is 3.09. The Morgan fingerprint density at radius 3 is 2.61 bits per heavy atom. The lowest BCUT2D eigenvalue weighted by molar-refractivity contribution is -0.878. The summed E-state index contributed by atoms with van der Waals surface area (Å²) in [4.78, 5) is 27.1. The monoisotopic (exact) mass is 337 g/mol. The van der Waals surface area contributed by atoms with E-state index in [1.54, 1.807) is 11.3 Å². The molecule has 1 aromatic heterocycles. The number of methoxy groups -OCH3 is 1. The van der Waals surface area contributed by atoms with Gasteiger partial charge in [0.05, 0.1) is 25.8 Å². The van der Waals surface area contributed by atoms with Crippen molar-refractivity contribution in [2.75, 3.05) is 32.1 Å². The van der Waals surface area contributed by atoms with E-state index in [9.17, 15) is 9.59 Å². The molecule has 1 aliphatic heterocycles. The molecule has 3 rings (SSSR count). The number of hydrogen-bond donors (Lipinski definition) is 2. The Morgan fingerprint density at radius 1 is 1.13 bits per heavy atom. The third-order valence-corrected chi connectivity index (χ3v) is 5.99. The van der Waals surface area contributed by atoms with Gasteiger partial charge in [-0.15, -0.1) is 11.3 Å². The van der Waals surface area contributed by atoms with Crippen LogP contribution in [0, 0.1) is 0 Å². The summed E-state index contributed by atoms with van der Waals surface area (Å²) >= 11 is 1.56. The first-order valence-corrected chi connectivity index (χ1v) is 9.37. The van der Waals surface area contributed by atoms with Crippen molar-refractivity contribution in [2.45, 2.75) is 44.9 Å². The van der Waals surface area contributed by atoms with Crippen molar-refractivity contribution in [3.05, 3.63) is 16.0 Å². The average molecular weight is 337 g/mol. The molecule has 5 nitrogen and oxygen atoms in total. The highest BCUT2D eigenvalue weighted by molar-refractivity contribution is 7.17. The molecule has 1 aromatic rings. The molecule has 0 aromatic carbocycles. The Labute approximate surface area is 141 Å². The van der Waals surface area contributed by atoms with Crippen molar-refractivity contribution in [3.8, 4) is 0 Å². The van der Waals surface area contributed by atoms with Crippen LogP contribution >= 0.6 is 11.3 Å². The van der Waals surface area contributed by atoms with Crippen molar-refractivity contribution in [3.63, 3.8) is 0 Å². The van der Waals surface area contributed by atoms with Gasteiger partial charge < -0.3 is 15.0 Å². The fourth-order valence-electron chi connectivity index (χ4n) is 3.60. The van der Waals surface area contributed by atoms with Gasteiger partial charge in [0.1, 0.15) is 5.00 Å². The standard InChI is InChI=1S/C17H24N2O3S/c1-22-17(21)15-12-7-3-2-4-8-13(12)23-16(15)18-14(20)11-19-9-5-6-10-19/h2-11H2,1H3,(H,18,20)/p+1. The van der Waals surface area contributed by atoms with Gasteiger partial charge in [0.15, 0.2) is 6.54 Å². The number of anilines is 1. The Hall–Kier alpha value is -1.40. The maximum absolute atomic E-state index is 12.3. The number of likely N-dealkylation sites (tertiary alicyclic amines) is 1. The molecule has 1 amide bonds. The highest BCUT2D eigenvalue weighted by Gasteiger charge is 2.27. The van der Waals surface area contributed by atoms with Crippen molar-refractivity contribution in [1.29, 1.82) is 0 Å². The fourth-order valence-corrected chi connectivity index (χ4v) is 4.89. The molecule has 0 atom stereocenters. The number of carbonyl (C=O) groups excluding carboxylic acids is 2. The minimum Gasteiger partial charge on any atom is -0.465 e. The number of rotatable bonds is 4. The van der Waals surface area contributed by atoms with Gasteiger partial charge in [-0.05, 0) is 31.2 Å². The van der Waals surface area contributed by atoms with E-state index in [0.29, 0.717) is 17.1 Å². The number of aryl methyl sites for hydroxylation is 1. The summed E-state index contributed by atoms with van der Waals surface area (Å²) in [6.07, 6.45) is 7.74. The molecule has 126 valence electrons. The summed E-state index contributed by atoms with van der Waals surface area (Å²) in [5, 5.41) is 3.68. The van der Waals surface area contributed by atoms with Crippen molar-refractivity contribution in [2.24, 2.45) is 0 Å². The molecule has 0 bridgehead atoms. The van der Waals surface area contributed by atoms with Gasteiger partial charge in [0.2, 0.25) is 0 Å². The van der Waals surface area contributed by atoms with Crippen LogP contribution in [0.25, 0.3) is 0 Å². The first kappa shape index (κ1) is 16.5. The number of esters is 1. The number of fused-ring (bicyclic) bond motifs is 1. The molecule has 23 heavy (non-hydrogen) atoms. The second-order valence-corrected chi connectivity index (χ2v) is 7.55. The summed E-state index contributed by atoms with van der Waals surface area (Å²) in [7, 11) is 1.41. The number of hydrogen-bond acceptors (Lipinski definition) is 4. The number of thiophene rings is 1. The van der Waals surface area contributed by atoms with E-state index in [4.69, 9.17) is 4.74 Å². The van der Waals surface area contributed by atoms with Crippen molar-refractivity contribution in [1.82, 2.24) is 0 Å². The molecule has 0 spiro atoms. The molecule has 2 aliphatic rings. The third-order valence-electron chi connectivity index (χ3n) is 4.78. The topological polar surface area (TPSA) is 59.8 Å². The molecule has 1 saturated heterocycles. The normalized spacial score (nSPS) is 18.3. The smallest absolute Gasteiger partial charge is 0.341 e. The van der Waals surface area contributed by atoms with Gasteiger partial charge in [0.25, 0.3) is 5.91 Å². The fraction of sp³-hybridized carbons (Fsp3) is 0.647. The largest absolute Gasteiger partial charge is 0.465 e. The van der Waals surface area contributed by atoms with E-state index in [1.807, 2.05) is 0 Å². The SMILES string of the molecule is COC(=O)c1c(NC(=O)C[NH+]2CCCC2)sc2c1CCCCC2. The third kappa shape index (κ3) is 3.75. The molecular weight excluding hydrogens is 312 g/mol. The van der Waals surface area contributed by atoms with E-state index in [-0.39, 0.29) is 11.9 Å². The van der Waals surface area contributed by atoms with Crippen LogP contribution in [0.5, 0.6) is 0 Å². The first-order chi connectivity index (χ1) is 11.2. The maximum Gasteiger partial charge on any atom is 0.341 e. The van der Waals surface area contributed by atoms with Gasteiger partial charge in [-0.2, -0.15) is 0 Å². The molecule has 2 heterocycles. The minimum absolute atomic E-state index is 0.00321. The highest BCUT2D eigenvalue weighted by Crippen LogP contribution is 2.37. The molecule has 0 radical (unpaired) electrons. The van der Waals surface area contributed by atoms with Crippen LogP contribution in [-0.4, -0.2) is 38.6 Å². The molecule has 0 saturated carbocycles. The van der Waals surface area contributed by atoms with E-state index < -0.39 is 0 Å². The van der Waals surface area contributed by atoms with Gasteiger partial charge >= 0.3 is 5.97 Å². The zero-order valence-electron chi connectivity index (χ0n) is 13.7. The predicted molar refractivity (Wildman–Crippen MR) is 90.3 cm³/mol. The molecule has 0 unspecified atom stereocenters. The number of ether oxygens (including phenoxy) is 1. The van der Waals surface area contributed by atoms with E-state index >= 15 is 0 Å². The summed E-state index contributed by atoms with van der Waals surface area (Å²) in [6, 6.07) is 0. The number of carbonyl (C=O) groups is 2. The van der Waals surface area contributed by atoms with Crippen LogP contribution < -0.4 is 10.2 Å². The van der Waals surface area contributed by atoms with Crippen LogP contribution in [0.15, 0.2) is 0 Å². The summed E-state index contributed by atoms with van der Waals surface area (Å²) < 4.78 is 4.97. The molecule has 1 fully saturated rings. The second-order valence-electron chi connectivity index (χ2n) is 6.44. The Morgan fingerprint density at radius 2 is 1.87 bits per heavy atom. The van der Waals surface area contributed by atoms with E-state index in [2.05, 4.69) is 5.32 Å². The Kier molecular flexibility index (Phi) is 5.33. The van der Waals surface area contributed by atoms with Crippen LogP contribution in [-0.2, 0) is 22.4 Å². The zero-order chi connectivity index (χ0) is 16.2. The number of quaternary nitrogens is 1. The zero-order valence-corrected chi connectivity index (χ0v) is 14.5. The lowest BCUT2D eigenvalue weighted by Crippen LogP contribution is -3.11. The molecule has 1 aliphatic carbocycles. The summed E-state index contributed by atoms with van der Waals surface area (Å²) in [5.74, 6) is -0.323. The highest BCUT2D eigenvalue weighted by atomic mass is 32.1. The number of amides is 1. The van der Waals surface area contributed by atoms with Crippen molar-refractivity contribution < 1.29 is 19.2 Å². The first-order valence-electron chi connectivity index (χ1n) is 8.55. The maximum atomic E-state index is 12.3. The lowest BCUT2D eigenvalue weighted by atomic mass is 10.1. The number of nitrogens with one attached hydrogen (secondary N) is 2. The molecular formula is C17H25N2O3S+. The van der Waals surface area contributed by atoms with Crippen LogP contribution in [0.1, 0.15) is 52.9 Å². The lowest BCUT2D eigenvalue weighted by Gasteiger charge is -2.12. The molecule has 6 heteroatoms. The quantitative estimate of drug-likeness (QED) is 0.645. The van der Waals surface area contributed by atoms with Crippen LogP contribution in [0.3, 0.4) is 0 Å². The van der Waals surface area contributed by atoms with Crippen molar-refractivity contribution >= 4 is 28.2 Å². The predicted octanol–water partition coefficient (Wildman–Crippen LogP) is 1.42. The second kappa shape index (κ2) is 7.45. The Bertz CT molecular complexity index is 591. The van der Waals surface area contributed by atoms with Crippen LogP contribution in [0.4, 0.5) is 5.00 Å². The van der Waals surface area contributed by atoms with Crippen LogP contribution in [0.2, 0.25) is 0 Å². The van der Waals surface area contributed by atoms with Gasteiger partial charge in [-0.25, -0.2) is 4.79 Å². The molecule has 2 N–H and O–H groups in total. The Balaban J connectivity index is 1.79.